The van der Waals surface area contributed by atoms with Gasteiger partial charge in [-0.25, -0.2) is 9.59 Å². The molecule has 0 radical (unpaired) electrons. The summed E-state index contributed by atoms with van der Waals surface area (Å²) < 4.78 is 0. The molecule has 0 atom stereocenters. The summed E-state index contributed by atoms with van der Waals surface area (Å²) in [7, 11) is 0. The highest BCUT2D eigenvalue weighted by Gasteiger charge is 2.15. The largest absolute Gasteiger partial charge is 0.478 e. The standard InChI is InChI=1S/C11H12ClN3O4/c12-6-2-1-3-7(9(6)10(17)18)15-11(19)14-5-4-8(13)16/h1-3H,4-5H2,(H2,13,16)(H,17,18)(H2,14,15,19). The second-order valence-corrected chi connectivity index (χ2v) is 3.97. The van der Waals surface area contributed by atoms with Crippen molar-refractivity contribution in [1.82, 2.24) is 5.32 Å². The van der Waals surface area contributed by atoms with E-state index in [2.05, 4.69) is 10.6 Å². The van der Waals surface area contributed by atoms with E-state index in [9.17, 15) is 14.4 Å². The summed E-state index contributed by atoms with van der Waals surface area (Å²) in [6, 6.07) is 3.67. The van der Waals surface area contributed by atoms with E-state index in [0.717, 1.165) is 0 Å². The van der Waals surface area contributed by atoms with Crippen LogP contribution in [-0.2, 0) is 4.79 Å². The van der Waals surface area contributed by atoms with E-state index in [1.165, 1.54) is 18.2 Å². The van der Waals surface area contributed by atoms with E-state index in [-0.39, 0.29) is 29.2 Å². The van der Waals surface area contributed by atoms with Gasteiger partial charge in [-0.2, -0.15) is 0 Å². The van der Waals surface area contributed by atoms with Crippen molar-refractivity contribution in [2.45, 2.75) is 6.42 Å². The molecule has 0 aromatic heterocycles. The predicted octanol–water partition coefficient (Wildman–Crippen LogP) is 1.04. The van der Waals surface area contributed by atoms with Crippen molar-refractivity contribution >= 4 is 35.2 Å². The van der Waals surface area contributed by atoms with Gasteiger partial charge in [-0.05, 0) is 12.1 Å². The highest BCUT2D eigenvalue weighted by Crippen LogP contribution is 2.24. The number of aromatic carboxylic acids is 1. The molecule has 1 rings (SSSR count). The van der Waals surface area contributed by atoms with Crippen molar-refractivity contribution in [2.75, 3.05) is 11.9 Å². The number of amides is 3. The summed E-state index contributed by atoms with van der Waals surface area (Å²) in [5.74, 6) is -1.80. The number of hydrogen-bond acceptors (Lipinski definition) is 3. The first kappa shape index (κ1) is 14.8. The summed E-state index contributed by atoms with van der Waals surface area (Å²) in [6.45, 7) is 0.0597. The van der Waals surface area contributed by atoms with Crippen molar-refractivity contribution in [3.05, 3.63) is 28.8 Å². The van der Waals surface area contributed by atoms with E-state index in [4.69, 9.17) is 22.4 Å². The van der Waals surface area contributed by atoms with Gasteiger partial charge >= 0.3 is 12.0 Å². The minimum Gasteiger partial charge on any atom is -0.478 e. The van der Waals surface area contributed by atoms with Crippen molar-refractivity contribution in [3.8, 4) is 0 Å². The van der Waals surface area contributed by atoms with Crippen LogP contribution in [0.2, 0.25) is 5.02 Å². The molecule has 0 saturated carbocycles. The van der Waals surface area contributed by atoms with Gasteiger partial charge in [0.15, 0.2) is 0 Å². The first-order valence-electron chi connectivity index (χ1n) is 5.26. The van der Waals surface area contributed by atoms with E-state index in [0.29, 0.717) is 0 Å². The maximum Gasteiger partial charge on any atom is 0.339 e. The Bertz CT molecular complexity index is 519. The van der Waals surface area contributed by atoms with Gasteiger partial charge in [0.25, 0.3) is 0 Å². The molecule has 0 aliphatic heterocycles. The first-order valence-corrected chi connectivity index (χ1v) is 5.64. The number of carbonyl (C=O) groups is 3. The highest BCUT2D eigenvalue weighted by atomic mass is 35.5. The molecule has 0 unspecified atom stereocenters. The average Bonchev–Trinajstić information content (AvgIpc) is 2.27. The van der Waals surface area contributed by atoms with Gasteiger partial charge in [0, 0.05) is 13.0 Å². The molecule has 102 valence electrons. The van der Waals surface area contributed by atoms with Crippen LogP contribution < -0.4 is 16.4 Å². The molecule has 1 aromatic carbocycles. The van der Waals surface area contributed by atoms with Crippen molar-refractivity contribution in [2.24, 2.45) is 5.73 Å². The van der Waals surface area contributed by atoms with Gasteiger partial charge in [-0.1, -0.05) is 17.7 Å². The van der Waals surface area contributed by atoms with Gasteiger partial charge in [0.05, 0.1) is 10.7 Å². The Morgan fingerprint density at radius 1 is 1.32 bits per heavy atom. The SMILES string of the molecule is NC(=O)CCNC(=O)Nc1cccc(Cl)c1C(=O)O. The Hall–Kier alpha value is -2.28. The Morgan fingerprint density at radius 3 is 2.58 bits per heavy atom. The van der Waals surface area contributed by atoms with Gasteiger partial charge < -0.3 is 21.5 Å². The second kappa shape index (κ2) is 6.60. The van der Waals surface area contributed by atoms with E-state index in [1.54, 1.807) is 0 Å². The lowest BCUT2D eigenvalue weighted by Crippen LogP contribution is -2.32. The molecule has 1 aromatic rings. The highest BCUT2D eigenvalue weighted by molar-refractivity contribution is 6.34. The summed E-state index contributed by atoms with van der Waals surface area (Å²) >= 11 is 5.74. The molecular formula is C11H12ClN3O4. The van der Waals surface area contributed by atoms with Crippen LogP contribution in [0.25, 0.3) is 0 Å². The number of nitrogens with one attached hydrogen (secondary N) is 2. The molecule has 19 heavy (non-hydrogen) atoms. The zero-order valence-corrected chi connectivity index (χ0v) is 10.5. The monoisotopic (exact) mass is 285 g/mol. The number of halogens is 1. The number of carboxylic acids is 1. The minimum atomic E-state index is -1.25. The Balaban J connectivity index is 2.72. The fraction of sp³-hybridized carbons (Fsp3) is 0.182. The number of anilines is 1. The first-order chi connectivity index (χ1) is 8.91. The molecule has 0 aliphatic rings. The lowest BCUT2D eigenvalue weighted by atomic mass is 10.2. The van der Waals surface area contributed by atoms with Crippen LogP contribution in [0.5, 0.6) is 0 Å². The van der Waals surface area contributed by atoms with Gasteiger partial charge in [0.1, 0.15) is 5.56 Å². The van der Waals surface area contributed by atoms with Crippen LogP contribution in [0.15, 0.2) is 18.2 Å². The molecule has 0 bridgehead atoms. The molecule has 0 fully saturated rings. The lowest BCUT2D eigenvalue weighted by molar-refractivity contribution is -0.117. The molecule has 0 spiro atoms. The number of nitrogens with two attached hydrogens (primary N) is 1. The average molecular weight is 286 g/mol. The van der Waals surface area contributed by atoms with Crippen LogP contribution in [0.4, 0.5) is 10.5 Å². The third-order valence-corrected chi connectivity index (χ3v) is 2.45. The lowest BCUT2D eigenvalue weighted by Gasteiger charge is -2.10. The number of carboxylic acid groups (broad SMARTS) is 1. The van der Waals surface area contributed by atoms with Crippen LogP contribution in [0.3, 0.4) is 0 Å². The van der Waals surface area contributed by atoms with E-state index in [1.807, 2.05) is 0 Å². The maximum absolute atomic E-state index is 11.5. The number of carbonyl (C=O) groups excluding carboxylic acids is 2. The smallest absolute Gasteiger partial charge is 0.339 e. The third-order valence-electron chi connectivity index (χ3n) is 2.13. The number of benzene rings is 1. The zero-order chi connectivity index (χ0) is 14.4. The molecule has 0 heterocycles. The Morgan fingerprint density at radius 2 is 2.00 bits per heavy atom. The third kappa shape index (κ3) is 4.47. The summed E-state index contributed by atoms with van der Waals surface area (Å²) in [6.07, 6.45) is -0.00520. The van der Waals surface area contributed by atoms with Crippen LogP contribution >= 0.6 is 11.6 Å². The normalized spacial score (nSPS) is 9.74. The van der Waals surface area contributed by atoms with Crippen molar-refractivity contribution in [1.29, 1.82) is 0 Å². The number of urea groups is 1. The van der Waals surface area contributed by atoms with Crippen LogP contribution in [0, 0.1) is 0 Å². The van der Waals surface area contributed by atoms with Crippen LogP contribution in [0.1, 0.15) is 16.8 Å². The summed E-state index contributed by atoms with van der Waals surface area (Å²) in [5, 5.41) is 13.7. The van der Waals surface area contributed by atoms with Crippen molar-refractivity contribution < 1.29 is 19.5 Å². The molecule has 8 heteroatoms. The Kier molecular flexibility index (Phi) is 5.13. The summed E-state index contributed by atoms with van der Waals surface area (Å²) in [4.78, 5) is 33.0. The fourth-order valence-electron chi connectivity index (χ4n) is 1.31. The van der Waals surface area contributed by atoms with Gasteiger partial charge in [0.2, 0.25) is 5.91 Å². The number of primary amides is 1. The summed E-state index contributed by atoms with van der Waals surface area (Å²) in [5.41, 5.74) is 4.78. The van der Waals surface area contributed by atoms with Gasteiger partial charge in [-0.15, -0.1) is 0 Å². The predicted molar refractivity (Wildman–Crippen MR) is 69.2 cm³/mol. The number of rotatable bonds is 5. The Labute approximate surface area is 113 Å². The minimum absolute atomic E-state index is 0.00520. The zero-order valence-electron chi connectivity index (χ0n) is 9.77. The van der Waals surface area contributed by atoms with Crippen LogP contribution in [-0.4, -0.2) is 29.6 Å². The fourth-order valence-corrected chi connectivity index (χ4v) is 1.57. The second-order valence-electron chi connectivity index (χ2n) is 3.56. The molecule has 0 aliphatic carbocycles. The van der Waals surface area contributed by atoms with E-state index >= 15 is 0 Å². The topological polar surface area (TPSA) is 122 Å². The molecular weight excluding hydrogens is 274 g/mol. The number of hydrogen-bond donors (Lipinski definition) is 4. The van der Waals surface area contributed by atoms with E-state index < -0.39 is 17.9 Å². The molecule has 7 nitrogen and oxygen atoms in total. The quantitative estimate of drug-likeness (QED) is 0.645. The molecule has 3 amide bonds. The molecule has 5 N–H and O–H groups in total. The van der Waals surface area contributed by atoms with Gasteiger partial charge in [-0.3, -0.25) is 4.79 Å². The maximum atomic E-state index is 11.5. The molecule has 0 saturated heterocycles. The van der Waals surface area contributed by atoms with Crippen molar-refractivity contribution in [3.63, 3.8) is 0 Å².